The summed E-state index contributed by atoms with van der Waals surface area (Å²) < 4.78 is 21.0. The number of hydrogen-bond acceptors (Lipinski definition) is 4. The largest absolute Gasteiger partial charge is 0.319 e. The Morgan fingerprint density at radius 2 is 2.11 bits per heavy atom. The average Bonchev–Trinajstić information content (AvgIpc) is 1.62. The van der Waals surface area contributed by atoms with Gasteiger partial charge in [-0.05, 0) is 17.2 Å². The first-order chi connectivity index (χ1) is 3.95. The first-order valence-electron chi connectivity index (χ1n) is 2.59. The zero-order valence-electron chi connectivity index (χ0n) is 5.49. The lowest BCUT2D eigenvalue weighted by Gasteiger charge is -2.03. The van der Waals surface area contributed by atoms with E-state index in [-0.39, 0.29) is 5.37 Å². The van der Waals surface area contributed by atoms with Gasteiger partial charge in [0.1, 0.15) is 0 Å². The van der Waals surface area contributed by atoms with E-state index in [1.54, 1.807) is 0 Å². The first kappa shape index (κ1) is 9.26. The van der Waals surface area contributed by atoms with Gasteiger partial charge >= 0.3 is 0 Å². The standard InChI is InChI=1S/C4H11NO2S2/c1-3-4(5)8-9(2,6)7/h4H,3,5H2,1-2H3. The molecule has 0 radical (unpaired) electrons. The van der Waals surface area contributed by atoms with Gasteiger partial charge in [-0.2, -0.15) is 0 Å². The molecule has 1 atom stereocenters. The fourth-order valence-corrected chi connectivity index (χ4v) is 2.63. The lowest BCUT2D eigenvalue weighted by Crippen LogP contribution is -2.15. The third-order valence-electron chi connectivity index (χ3n) is 0.701. The highest BCUT2D eigenvalue weighted by atomic mass is 33.1. The van der Waals surface area contributed by atoms with Crippen LogP contribution in [0.5, 0.6) is 0 Å². The fourth-order valence-electron chi connectivity index (χ4n) is 0.293. The van der Waals surface area contributed by atoms with Crippen LogP contribution in [0.1, 0.15) is 13.3 Å². The highest BCUT2D eigenvalue weighted by Gasteiger charge is 2.08. The second kappa shape index (κ2) is 3.43. The van der Waals surface area contributed by atoms with Gasteiger partial charge in [-0.15, -0.1) is 0 Å². The molecule has 0 aromatic heterocycles. The van der Waals surface area contributed by atoms with Crippen molar-refractivity contribution in [2.75, 3.05) is 6.26 Å². The van der Waals surface area contributed by atoms with E-state index in [4.69, 9.17) is 5.73 Å². The minimum atomic E-state index is -2.94. The molecule has 0 amide bonds. The number of rotatable bonds is 3. The summed E-state index contributed by atoms with van der Waals surface area (Å²) in [6, 6.07) is 0. The smallest absolute Gasteiger partial charge is 0.200 e. The summed E-state index contributed by atoms with van der Waals surface area (Å²) in [4.78, 5) is 0. The maximum Gasteiger partial charge on any atom is 0.200 e. The van der Waals surface area contributed by atoms with Gasteiger partial charge in [0.05, 0.1) is 5.37 Å². The molecule has 0 aliphatic carbocycles. The van der Waals surface area contributed by atoms with E-state index < -0.39 is 8.87 Å². The van der Waals surface area contributed by atoms with Crippen molar-refractivity contribution >= 4 is 19.7 Å². The molecule has 1 unspecified atom stereocenters. The Bertz CT molecular complexity index is 163. The van der Waals surface area contributed by atoms with Crippen molar-refractivity contribution in [3.63, 3.8) is 0 Å². The van der Waals surface area contributed by atoms with Gasteiger partial charge in [0.25, 0.3) is 0 Å². The zero-order chi connectivity index (χ0) is 7.49. The summed E-state index contributed by atoms with van der Waals surface area (Å²) in [6.45, 7) is 1.85. The summed E-state index contributed by atoms with van der Waals surface area (Å²) in [6.07, 6.45) is 1.84. The summed E-state index contributed by atoms with van der Waals surface area (Å²) in [5.41, 5.74) is 5.34. The summed E-state index contributed by atoms with van der Waals surface area (Å²) in [7, 11) is -2.14. The van der Waals surface area contributed by atoms with Crippen molar-refractivity contribution in [3.05, 3.63) is 0 Å². The second-order valence-electron chi connectivity index (χ2n) is 1.75. The van der Waals surface area contributed by atoms with E-state index in [1.807, 2.05) is 6.92 Å². The van der Waals surface area contributed by atoms with E-state index in [0.717, 1.165) is 17.0 Å². The zero-order valence-corrected chi connectivity index (χ0v) is 7.13. The van der Waals surface area contributed by atoms with Crippen molar-refractivity contribution < 1.29 is 8.42 Å². The van der Waals surface area contributed by atoms with E-state index >= 15 is 0 Å². The fraction of sp³-hybridized carbons (Fsp3) is 1.00. The monoisotopic (exact) mass is 169 g/mol. The van der Waals surface area contributed by atoms with E-state index in [1.165, 1.54) is 0 Å². The molecule has 0 fully saturated rings. The number of nitrogens with two attached hydrogens (primary N) is 1. The van der Waals surface area contributed by atoms with E-state index in [2.05, 4.69) is 0 Å². The third-order valence-corrected chi connectivity index (χ3v) is 3.42. The Hall–Kier alpha value is 0.260. The summed E-state index contributed by atoms with van der Waals surface area (Å²) in [5.74, 6) is 0. The Morgan fingerprint density at radius 1 is 1.67 bits per heavy atom. The third kappa shape index (κ3) is 6.14. The molecule has 0 saturated heterocycles. The van der Waals surface area contributed by atoms with Crippen LogP contribution in [0.3, 0.4) is 0 Å². The number of hydrogen-bond donors (Lipinski definition) is 1. The van der Waals surface area contributed by atoms with Gasteiger partial charge in [-0.1, -0.05) is 6.92 Å². The van der Waals surface area contributed by atoms with E-state index in [0.29, 0.717) is 6.42 Å². The predicted octanol–water partition coefficient (Wildman–Crippen LogP) is 0.374. The Balaban J connectivity index is 3.75. The van der Waals surface area contributed by atoms with Gasteiger partial charge in [-0.3, -0.25) is 0 Å². The van der Waals surface area contributed by atoms with Crippen LogP contribution < -0.4 is 5.73 Å². The molecule has 9 heavy (non-hydrogen) atoms. The molecular weight excluding hydrogens is 158 g/mol. The Morgan fingerprint density at radius 3 is 2.22 bits per heavy atom. The molecule has 0 aromatic carbocycles. The van der Waals surface area contributed by atoms with Gasteiger partial charge in [0, 0.05) is 6.26 Å². The molecule has 0 saturated carbocycles. The van der Waals surface area contributed by atoms with Crippen LogP contribution in [0.15, 0.2) is 0 Å². The van der Waals surface area contributed by atoms with Crippen LogP contribution in [-0.2, 0) is 8.87 Å². The van der Waals surface area contributed by atoms with Crippen LogP contribution >= 0.6 is 10.8 Å². The molecule has 0 heterocycles. The minimum absolute atomic E-state index is 0.278. The summed E-state index contributed by atoms with van der Waals surface area (Å²) >= 11 is 0. The quantitative estimate of drug-likeness (QED) is 0.490. The molecule has 0 rings (SSSR count). The molecule has 0 spiro atoms. The van der Waals surface area contributed by atoms with Crippen molar-refractivity contribution in [3.8, 4) is 0 Å². The Labute approximate surface area is 59.3 Å². The SMILES string of the molecule is CCC(N)SS(C)(=O)=O. The molecule has 2 N–H and O–H groups in total. The highest BCUT2D eigenvalue weighted by Crippen LogP contribution is 2.15. The molecule has 56 valence electrons. The topological polar surface area (TPSA) is 60.2 Å². The maximum atomic E-state index is 10.5. The van der Waals surface area contributed by atoms with Gasteiger partial charge in [0.2, 0.25) is 0 Å². The molecule has 5 heteroatoms. The van der Waals surface area contributed by atoms with Crippen LogP contribution in [0, 0.1) is 0 Å². The van der Waals surface area contributed by atoms with Crippen molar-refractivity contribution in [2.24, 2.45) is 5.73 Å². The van der Waals surface area contributed by atoms with Crippen LogP contribution in [0.25, 0.3) is 0 Å². The minimum Gasteiger partial charge on any atom is -0.319 e. The Kier molecular flexibility index (Phi) is 3.53. The molecular formula is C4H11NO2S2. The normalized spacial score (nSPS) is 15.4. The van der Waals surface area contributed by atoms with Crippen molar-refractivity contribution in [1.82, 2.24) is 0 Å². The molecule has 0 aromatic rings. The molecule has 0 aliphatic heterocycles. The summed E-state index contributed by atoms with van der Waals surface area (Å²) in [5, 5.41) is -0.278. The lowest BCUT2D eigenvalue weighted by molar-refractivity contribution is 0.615. The molecule has 0 bridgehead atoms. The van der Waals surface area contributed by atoms with Gasteiger partial charge in [-0.25, -0.2) is 8.42 Å². The average molecular weight is 169 g/mol. The molecule has 0 aliphatic rings. The van der Waals surface area contributed by atoms with E-state index in [9.17, 15) is 8.42 Å². The van der Waals surface area contributed by atoms with Crippen molar-refractivity contribution in [1.29, 1.82) is 0 Å². The van der Waals surface area contributed by atoms with Crippen molar-refractivity contribution in [2.45, 2.75) is 18.7 Å². The maximum absolute atomic E-state index is 10.5. The van der Waals surface area contributed by atoms with Crippen LogP contribution in [0.2, 0.25) is 0 Å². The molecule has 3 nitrogen and oxygen atoms in total. The second-order valence-corrected chi connectivity index (χ2v) is 6.35. The van der Waals surface area contributed by atoms with Crippen LogP contribution in [-0.4, -0.2) is 20.0 Å². The van der Waals surface area contributed by atoms with Gasteiger partial charge in [0.15, 0.2) is 8.87 Å². The lowest BCUT2D eigenvalue weighted by atomic mass is 10.5. The predicted molar refractivity (Wildman–Crippen MR) is 40.7 cm³/mol. The first-order valence-corrected chi connectivity index (χ1v) is 5.88. The highest BCUT2D eigenvalue weighted by molar-refractivity contribution is 8.72. The van der Waals surface area contributed by atoms with Gasteiger partial charge < -0.3 is 5.73 Å². The van der Waals surface area contributed by atoms with Crippen LogP contribution in [0.4, 0.5) is 0 Å².